The topological polar surface area (TPSA) is 41.1 Å². The van der Waals surface area contributed by atoms with Crippen LogP contribution in [0.1, 0.15) is 29.6 Å². The molecule has 1 heterocycles. The van der Waals surface area contributed by atoms with Crippen molar-refractivity contribution in [2.45, 2.75) is 25.3 Å². The molecule has 3 nitrogen and oxygen atoms in total. The summed E-state index contributed by atoms with van der Waals surface area (Å²) in [6.07, 6.45) is 3.02. The Hall–Kier alpha value is -0.770. The Labute approximate surface area is 117 Å². The third-order valence-corrected chi connectivity index (χ3v) is 3.65. The monoisotopic (exact) mass is 286 g/mol. The maximum Gasteiger partial charge on any atom is 0.253 e. The summed E-state index contributed by atoms with van der Waals surface area (Å²) in [7, 11) is 0. The first-order chi connectivity index (χ1) is 8.66. The van der Waals surface area contributed by atoms with E-state index >= 15 is 0 Å². The molecule has 0 saturated carbocycles. The van der Waals surface area contributed by atoms with E-state index in [4.69, 9.17) is 23.2 Å². The largest absolute Gasteiger partial charge is 0.349 e. The lowest BCUT2D eigenvalue weighted by Gasteiger charge is -2.16. The maximum absolute atomic E-state index is 12.1. The highest BCUT2D eigenvalue weighted by molar-refractivity contribution is 6.35. The first-order valence-corrected chi connectivity index (χ1v) is 6.89. The van der Waals surface area contributed by atoms with Gasteiger partial charge in [0.2, 0.25) is 0 Å². The van der Waals surface area contributed by atoms with Crippen LogP contribution in [0.15, 0.2) is 18.2 Å². The van der Waals surface area contributed by atoms with Gasteiger partial charge in [0.15, 0.2) is 0 Å². The summed E-state index contributed by atoms with van der Waals surface area (Å²) in [4.78, 5) is 12.1. The molecule has 1 aliphatic heterocycles. The summed E-state index contributed by atoms with van der Waals surface area (Å²) in [6.45, 7) is 1.96. The molecule has 1 atom stereocenters. The summed E-state index contributed by atoms with van der Waals surface area (Å²) >= 11 is 11.9. The Kier molecular flexibility index (Phi) is 4.87. The van der Waals surface area contributed by atoms with Crippen molar-refractivity contribution in [2.75, 3.05) is 13.1 Å². The Morgan fingerprint density at radius 2 is 2.11 bits per heavy atom. The maximum atomic E-state index is 12.1. The van der Waals surface area contributed by atoms with Crippen LogP contribution in [0.2, 0.25) is 10.0 Å². The van der Waals surface area contributed by atoms with Crippen molar-refractivity contribution in [3.8, 4) is 0 Å². The molecule has 1 aromatic rings. The van der Waals surface area contributed by atoms with Crippen molar-refractivity contribution in [2.24, 2.45) is 0 Å². The molecule has 0 radical (unpaired) electrons. The highest BCUT2D eigenvalue weighted by Crippen LogP contribution is 2.21. The first-order valence-electron chi connectivity index (χ1n) is 6.13. The molecule has 0 aliphatic carbocycles. The van der Waals surface area contributed by atoms with Gasteiger partial charge < -0.3 is 10.6 Å². The number of nitrogens with one attached hydrogen (secondary N) is 2. The second-order valence-electron chi connectivity index (χ2n) is 4.48. The SMILES string of the molecule is O=C(NC1CCCNCC1)c1cc(Cl)ccc1Cl. The van der Waals surface area contributed by atoms with Crippen LogP contribution in [0.4, 0.5) is 0 Å². The third kappa shape index (κ3) is 3.61. The Morgan fingerprint density at radius 1 is 1.28 bits per heavy atom. The minimum absolute atomic E-state index is 0.144. The van der Waals surface area contributed by atoms with E-state index in [2.05, 4.69) is 10.6 Å². The van der Waals surface area contributed by atoms with E-state index in [-0.39, 0.29) is 11.9 Å². The first kappa shape index (κ1) is 13.7. The molecule has 1 aliphatic rings. The molecular formula is C13H16Cl2N2O. The van der Waals surface area contributed by atoms with Gasteiger partial charge in [0.05, 0.1) is 10.6 Å². The van der Waals surface area contributed by atoms with Gasteiger partial charge in [0.25, 0.3) is 5.91 Å². The van der Waals surface area contributed by atoms with Crippen LogP contribution < -0.4 is 10.6 Å². The number of hydrogen-bond acceptors (Lipinski definition) is 2. The summed E-state index contributed by atoms with van der Waals surface area (Å²) in [6, 6.07) is 5.14. The van der Waals surface area contributed by atoms with E-state index in [0.29, 0.717) is 15.6 Å². The van der Waals surface area contributed by atoms with Crippen LogP contribution in [0.5, 0.6) is 0 Å². The van der Waals surface area contributed by atoms with Crippen LogP contribution >= 0.6 is 23.2 Å². The molecular weight excluding hydrogens is 271 g/mol. The zero-order chi connectivity index (χ0) is 13.0. The molecule has 0 spiro atoms. The number of benzene rings is 1. The van der Waals surface area contributed by atoms with Gasteiger partial charge in [-0.3, -0.25) is 4.79 Å². The predicted molar refractivity (Wildman–Crippen MR) is 74.4 cm³/mol. The molecule has 5 heteroatoms. The molecule has 18 heavy (non-hydrogen) atoms. The van der Waals surface area contributed by atoms with Crippen LogP contribution in [-0.2, 0) is 0 Å². The molecule has 1 unspecified atom stereocenters. The molecule has 98 valence electrons. The fraction of sp³-hybridized carbons (Fsp3) is 0.462. The van der Waals surface area contributed by atoms with Gasteiger partial charge in [-0.15, -0.1) is 0 Å². The van der Waals surface area contributed by atoms with E-state index in [0.717, 1.165) is 32.4 Å². The van der Waals surface area contributed by atoms with Gasteiger partial charge in [-0.1, -0.05) is 23.2 Å². The van der Waals surface area contributed by atoms with Gasteiger partial charge in [-0.2, -0.15) is 0 Å². The standard InChI is InChI=1S/C13H16Cl2N2O/c14-9-3-4-12(15)11(8-9)13(18)17-10-2-1-6-16-7-5-10/h3-4,8,10,16H,1-2,5-7H2,(H,17,18). The number of amides is 1. The van der Waals surface area contributed by atoms with Crippen LogP contribution in [-0.4, -0.2) is 25.0 Å². The Morgan fingerprint density at radius 3 is 2.94 bits per heavy atom. The second kappa shape index (κ2) is 6.41. The summed E-state index contributed by atoms with van der Waals surface area (Å²) in [5.41, 5.74) is 0.446. The van der Waals surface area contributed by atoms with Crippen molar-refractivity contribution in [3.05, 3.63) is 33.8 Å². The Balaban J connectivity index is 2.04. The quantitative estimate of drug-likeness (QED) is 0.878. The van der Waals surface area contributed by atoms with Crippen LogP contribution in [0, 0.1) is 0 Å². The minimum Gasteiger partial charge on any atom is -0.349 e. The van der Waals surface area contributed by atoms with Gasteiger partial charge in [-0.05, 0) is 50.6 Å². The van der Waals surface area contributed by atoms with Gasteiger partial charge in [-0.25, -0.2) is 0 Å². The van der Waals surface area contributed by atoms with Gasteiger partial charge in [0.1, 0.15) is 0 Å². The highest BCUT2D eigenvalue weighted by Gasteiger charge is 2.17. The molecule has 1 amide bonds. The lowest BCUT2D eigenvalue weighted by atomic mass is 10.1. The van der Waals surface area contributed by atoms with E-state index in [1.54, 1.807) is 18.2 Å². The lowest BCUT2D eigenvalue weighted by molar-refractivity contribution is 0.0934. The Bertz CT molecular complexity index is 429. The number of hydrogen-bond donors (Lipinski definition) is 2. The third-order valence-electron chi connectivity index (χ3n) is 3.08. The lowest BCUT2D eigenvalue weighted by Crippen LogP contribution is -2.35. The zero-order valence-corrected chi connectivity index (χ0v) is 11.5. The minimum atomic E-state index is -0.144. The van der Waals surface area contributed by atoms with E-state index in [1.807, 2.05) is 0 Å². The highest BCUT2D eigenvalue weighted by atomic mass is 35.5. The fourth-order valence-electron chi connectivity index (χ4n) is 2.10. The molecule has 2 N–H and O–H groups in total. The van der Waals surface area contributed by atoms with Gasteiger partial charge >= 0.3 is 0 Å². The van der Waals surface area contributed by atoms with Crippen LogP contribution in [0.25, 0.3) is 0 Å². The molecule has 1 aromatic carbocycles. The van der Waals surface area contributed by atoms with Crippen molar-refractivity contribution in [1.29, 1.82) is 0 Å². The van der Waals surface area contributed by atoms with Crippen molar-refractivity contribution in [3.63, 3.8) is 0 Å². The number of carbonyl (C=O) groups is 1. The summed E-state index contributed by atoms with van der Waals surface area (Å²) in [5.74, 6) is -0.144. The molecule has 0 bridgehead atoms. The van der Waals surface area contributed by atoms with E-state index in [9.17, 15) is 4.79 Å². The second-order valence-corrected chi connectivity index (χ2v) is 5.32. The van der Waals surface area contributed by atoms with Gasteiger partial charge in [0, 0.05) is 11.1 Å². The summed E-state index contributed by atoms with van der Waals surface area (Å²) < 4.78 is 0. The average molecular weight is 287 g/mol. The van der Waals surface area contributed by atoms with Crippen LogP contribution in [0.3, 0.4) is 0 Å². The van der Waals surface area contributed by atoms with Crippen molar-refractivity contribution >= 4 is 29.1 Å². The number of rotatable bonds is 2. The normalized spacial score (nSPS) is 20.2. The average Bonchev–Trinajstić information content (AvgIpc) is 2.61. The molecule has 0 aromatic heterocycles. The van der Waals surface area contributed by atoms with E-state index in [1.165, 1.54) is 0 Å². The van der Waals surface area contributed by atoms with Crippen molar-refractivity contribution < 1.29 is 4.79 Å². The number of halogens is 2. The molecule has 1 fully saturated rings. The molecule has 1 saturated heterocycles. The number of carbonyl (C=O) groups excluding carboxylic acids is 1. The smallest absolute Gasteiger partial charge is 0.253 e. The van der Waals surface area contributed by atoms with Crippen molar-refractivity contribution in [1.82, 2.24) is 10.6 Å². The summed E-state index contributed by atoms with van der Waals surface area (Å²) in [5, 5.41) is 7.29. The fourth-order valence-corrected chi connectivity index (χ4v) is 2.47. The predicted octanol–water partition coefficient (Wildman–Crippen LogP) is 2.87. The molecule has 2 rings (SSSR count). The van der Waals surface area contributed by atoms with E-state index < -0.39 is 0 Å². The zero-order valence-electron chi connectivity index (χ0n) is 10.0.